The molecule has 0 amide bonds. The van der Waals surface area contributed by atoms with E-state index in [2.05, 4.69) is 31.2 Å². The number of ketones is 1. The molecule has 0 atom stereocenters. The fourth-order valence-corrected chi connectivity index (χ4v) is 4.67. The quantitative estimate of drug-likeness (QED) is 0.0691. The number of anilines is 2. The zero-order chi connectivity index (χ0) is 29.2. The van der Waals surface area contributed by atoms with Crippen molar-refractivity contribution >= 4 is 29.2 Å². The predicted molar refractivity (Wildman–Crippen MR) is 166 cm³/mol. The van der Waals surface area contributed by atoms with Crippen LogP contribution >= 0.6 is 0 Å². The Morgan fingerprint density at radius 2 is 1.49 bits per heavy atom. The minimum Gasteiger partial charge on any atom is -0.493 e. The van der Waals surface area contributed by atoms with Crippen LogP contribution in [0.15, 0.2) is 91.0 Å². The molecule has 0 aliphatic carbocycles. The number of hydrogen-bond donors (Lipinski definition) is 3. The van der Waals surface area contributed by atoms with Crippen molar-refractivity contribution in [2.24, 2.45) is 0 Å². The Morgan fingerprint density at radius 1 is 0.829 bits per heavy atom. The van der Waals surface area contributed by atoms with Crippen LogP contribution in [-0.2, 0) is 12.8 Å². The molecule has 0 saturated carbocycles. The third-order valence-electron chi connectivity index (χ3n) is 6.99. The van der Waals surface area contributed by atoms with Gasteiger partial charge < -0.3 is 21.3 Å². The summed E-state index contributed by atoms with van der Waals surface area (Å²) < 4.78 is 5.79. The van der Waals surface area contributed by atoms with Crippen molar-refractivity contribution < 1.29 is 19.4 Å². The molecular weight excluding hydrogens is 512 g/mol. The number of aromatic carboxylic acids is 1. The van der Waals surface area contributed by atoms with Crippen LogP contribution in [0.5, 0.6) is 5.75 Å². The summed E-state index contributed by atoms with van der Waals surface area (Å²) >= 11 is 0. The van der Waals surface area contributed by atoms with Gasteiger partial charge in [-0.05, 0) is 71.0 Å². The molecule has 4 rings (SSSR count). The van der Waals surface area contributed by atoms with Crippen molar-refractivity contribution in [3.8, 4) is 16.9 Å². The smallest absolute Gasteiger partial charge is 0.336 e. The first-order valence-electron chi connectivity index (χ1n) is 13.9. The van der Waals surface area contributed by atoms with E-state index in [9.17, 15) is 14.7 Å². The number of rotatable bonds is 13. The van der Waals surface area contributed by atoms with E-state index in [1.807, 2.05) is 36.4 Å². The van der Waals surface area contributed by atoms with E-state index in [-0.39, 0.29) is 18.0 Å². The largest absolute Gasteiger partial charge is 0.493 e. The summed E-state index contributed by atoms with van der Waals surface area (Å²) in [5.74, 6) is -0.522. The van der Waals surface area contributed by atoms with Crippen molar-refractivity contribution in [2.45, 2.75) is 39.0 Å². The summed E-state index contributed by atoms with van der Waals surface area (Å²) in [6.45, 7) is 2.47. The molecule has 0 fully saturated rings. The number of nitrogen functional groups attached to an aromatic ring is 2. The summed E-state index contributed by atoms with van der Waals surface area (Å²) in [5.41, 5.74) is 18.0. The van der Waals surface area contributed by atoms with Gasteiger partial charge in [0.25, 0.3) is 0 Å². The molecule has 0 unspecified atom stereocenters. The van der Waals surface area contributed by atoms with E-state index in [4.69, 9.17) is 16.2 Å². The van der Waals surface area contributed by atoms with E-state index in [1.54, 1.807) is 30.4 Å². The molecule has 0 bridgehead atoms. The first-order chi connectivity index (χ1) is 19.8. The van der Waals surface area contributed by atoms with Crippen molar-refractivity contribution in [1.82, 2.24) is 0 Å². The zero-order valence-corrected chi connectivity index (χ0v) is 23.3. The Labute approximate surface area is 241 Å². The van der Waals surface area contributed by atoms with Gasteiger partial charge in [0.05, 0.1) is 12.2 Å². The maximum absolute atomic E-state index is 12.7. The minimum atomic E-state index is -1.08. The first-order valence-corrected chi connectivity index (χ1v) is 13.9. The maximum atomic E-state index is 12.7. The molecule has 0 radical (unpaired) electrons. The van der Waals surface area contributed by atoms with Gasteiger partial charge in [-0.3, -0.25) is 4.79 Å². The standard InChI is InChI=1S/C35H36N2O4/c1-2-3-4-5-24-6-11-26(12-7-24)27-13-15-28(16-14-27)34(38)19-10-25-8-17-30(18-9-25)41-21-20-31-32(35(39)40)22-29(36)23-33(31)37/h6-19,22-23H,2-5,20-21,36-37H2,1H3,(H,39,40). The molecule has 4 aromatic carbocycles. The summed E-state index contributed by atoms with van der Waals surface area (Å²) in [6.07, 6.45) is 8.47. The number of aryl methyl sites for hydroxylation is 1. The van der Waals surface area contributed by atoms with Crippen molar-refractivity contribution in [2.75, 3.05) is 18.1 Å². The highest BCUT2D eigenvalue weighted by Gasteiger charge is 2.14. The lowest BCUT2D eigenvalue weighted by atomic mass is 9.99. The highest BCUT2D eigenvalue weighted by Crippen LogP contribution is 2.24. The van der Waals surface area contributed by atoms with Gasteiger partial charge >= 0.3 is 5.97 Å². The van der Waals surface area contributed by atoms with Gasteiger partial charge in [-0.25, -0.2) is 4.79 Å². The summed E-state index contributed by atoms with van der Waals surface area (Å²) in [6, 6.07) is 26.6. The van der Waals surface area contributed by atoms with Crippen LogP contribution in [-0.4, -0.2) is 23.5 Å². The van der Waals surface area contributed by atoms with Crippen molar-refractivity contribution in [3.63, 3.8) is 0 Å². The van der Waals surface area contributed by atoms with Crippen LogP contribution < -0.4 is 16.2 Å². The molecule has 6 heteroatoms. The monoisotopic (exact) mass is 548 g/mol. The third-order valence-corrected chi connectivity index (χ3v) is 6.99. The summed E-state index contributed by atoms with van der Waals surface area (Å²) in [5, 5.41) is 9.44. The van der Waals surface area contributed by atoms with Gasteiger partial charge in [-0.1, -0.05) is 86.5 Å². The van der Waals surface area contributed by atoms with E-state index in [0.29, 0.717) is 34.7 Å². The number of carboxylic acid groups (broad SMARTS) is 1. The van der Waals surface area contributed by atoms with E-state index >= 15 is 0 Å². The average Bonchev–Trinajstić information content (AvgIpc) is 2.98. The maximum Gasteiger partial charge on any atom is 0.336 e. The normalized spacial score (nSPS) is 11.0. The number of benzene rings is 4. The van der Waals surface area contributed by atoms with E-state index in [0.717, 1.165) is 23.1 Å². The van der Waals surface area contributed by atoms with Crippen LogP contribution in [0.1, 0.15) is 63.6 Å². The van der Waals surface area contributed by atoms with Gasteiger partial charge in [-0.2, -0.15) is 0 Å². The Hall–Kier alpha value is -4.84. The van der Waals surface area contributed by atoms with Gasteiger partial charge in [0.1, 0.15) is 5.75 Å². The van der Waals surface area contributed by atoms with Gasteiger partial charge in [0, 0.05) is 23.4 Å². The van der Waals surface area contributed by atoms with Crippen molar-refractivity contribution in [3.05, 3.63) is 119 Å². The molecule has 41 heavy (non-hydrogen) atoms. The number of carbonyl (C=O) groups excluding carboxylic acids is 1. The lowest BCUT2D eigenvalue weighted by Crippen LogP contribution is -2.11. The number of ether oxygens (including phenoxy) is 1. The molecule has 0 spiro atoms. The van der Waals surface area contributed by atoms with Crippen molar-refractivity contribution in [1.29, 1.82) is 0 Å². The molecule has 0 aliphatic rings. The predicted octanol–water partition coefficient (Wildman–Crippen LogP) is 7.47. The Morgan fingerprint density at radius 3 is 2.12 bits per heavy atom. The molecule has 4 aromatic rings. The first kappa shape index (κ1) is 29.2. The SMILES string of the molecule is CCCCCc1ccc(-c2ccc(C(=O)C=Cc3ccc(OCCc4c(N)cc(N)cc4C(=O)O)cc3)cc2)cc1. The lowest BCUT2D eigenvalue weighted by Gasteiger charge is -2.12. The van der Waals surface area contributed by atoms with Crippen LogP contribution in [0.2, 0.25) is 0 Å². The second kappa shape index (κ2) is 14.0. The fraction of sp³-hybridized carbons (Fsp3) is 0.200. The molecule has 6 nitrogen and oxygen atoms in total. The van der Waals surface area contributed by atoms with Crippen LogP contribution in [0.25, 0.3) is 17.2 Å². The topological polar surface area (TPSA) is 116 Å². The molecule has 210 valence electrons. The Bertz CT molecular complexity index is 1510. The number of carbonyl (C=O) groups is 2. The number of carboxylic acids is 1. The summed E-state index contributed by atoms with van der Waals surface area (Å²) in [4.78, 5) is 24.3. The molecule has 0 saturated heterocycles. The van der Waals surface area contributed by atoms with Gasteiger partial charge in [-0.15, -0.1) is 0 Å². The second-order valence-electron chi connectivity index (χ2n) is 10.0. The van der Waals surface area contributed by atoms with Gasteiger partial charge in [0.15, 0.2) is 5.78 Å². The highest BCUT2D eigenvalue weighted by molar-refractivity contribution is 6.07. The van der Waals surface area contributed by atoms with Crippen LogP contribution in [0, 0.1) is 0 Å². The fourth-order valence-electron chi connectivity index (χ4n) is 4.67. The Balaban J connectivity index is 1.30. The van der Waals surface area contributed by atoms with E-state index in [1.165, 1.54) is 30.9 Å². The Kier molecular flexibility index (Phi) is 9.94. The van der Waals surface area contributed by atoms with Gasteiger partial charge in [0.2, 0.25) is 0 Å². The second-order valence-corrected chi connectivity index (χ2v) is 10.0. The third kappa shape index (κ3) is 8.08. The molecule has 0 heterocycles. The number of hydrogen-bond acceptors (Lipinski definition) is 5. The molecule has 5 N–H and O–H groups in total. The lowest BCUT2D eigenvalue weighted by molar-refractivity contribution is 0.0695. The number of unbranched alkanes of at least 4 members (excludes halogenated alkanes) is 2. The molecule has 0 aromatic heterocycles. The molecule has 0 aliphatic heterocycles. The zero-order valence-electron chi connectivity index (χ0n) is 23.3. The number of nitrogens with two attached hydrogens (primary N) is 2. The van der Waals surface area contributed by atoms with Crippen LogP contribution in [0.3, 0.4) is 0 Å². The molecular formula is C35H36N2O4. The van der Waals surface area contributed by atoms with E-state index < -0.39 is 5.97 Å². The van der Waals surface area contributed by atoms with Crippen LogP contribution in [0.4, 0.5) is 11.4 Å². The number of allylic oxidation sites excluding steroid dienone is 1. The summed E-state index contributed by atoms with van der Waals surface area (Å²) in [7, 11) is 0. The minimum absolute atomic E-state index is 0.0709. The highest BCUT2D eigenvalue weighted by atomic mass is 16.5. The average molecular weight is 549 g/mol.